The molecule has 2 unspecified atom stereocenters. The summed E-state index contributed by atoms with van der Waals surface area (Å²) in [6.45, 7) is 4.53. The fourth-order valence-electron chi connectivity index (χ4n) is 1.96. The zero-order chi connectivity index (χ0) is 9.64. The van der Waals surface area contributed by atoms with Gasteiger partial charge in [-0.25, -0.2) is 0 Å². The van der Waals surface area contributed by atoms with Crippen molar-refractivity contribution in [2.75, 3.05) is 0 Å². The van der Waals surface area contributed by atoms with Gasteiger partial charge in [-0.2, -0.15) is 0 Å². The van der Waals surface area contributed by atoms with Crippen molar-refractivity contribution < 1.29 is 0 Å². The quantitative estimate of drug-likeness (QED) is 0.823. The Morgan fingerprint density at radius 3 is 2.62 bits per heavy atom. The standard InChI is InChI=1S/C10H14BrNS/c1-10(2)6(5-8(10)12)7-3-4-9(11)13-7/h3-4,6,8H,5,12H2,1-2H3. The van der Waals surface area contributed by atoms with Gasteiger partial charge in [-0.1, -0.05) is 13.8 Å². The highest BCUT2D eigenvalue weighted by Crippen LogP contribution is 2.53. The number of hydrogen-bond acceptors (Lipinski definition) is 2. The summed E-state index contributed by atoms with van der Waals surface area (Å²) in [5.74, 6) is 0.666. The summed E-state index contributed by atoms with van der Waals surface area (Å²) in [6.07, 6.45) is 1.14. The second-order valence-corrected chi connectivity index (χ2v) is 6.85. The van der Waals surface area contributed by atoms with Crippen molar-refractivity contribution in [3.8, 4) is 0 Å². The monoisotopic (exact) mass is 259 g/mol. The molecule has 1 saturated carbocycles. The molecule has 2 rings (SSSR count). The van der Waals surface area contributed by atoms with Gasteiger partial charge in [-0.05, 0) is 39.9 Å². The third kappa shape index (κ3) is 1.47. The summed E-state index contributed by atoms with van der Waals surface area (Å²) >= 11 is 5.33. The Balaban J connectivity index is 2.21. The maximum atomic E-state index is 5.98. The molecular formula is C10H14BrNS. The van der Waals surface area contributed by atoms with Crippen LogP contribution in [0.5, 0.6) is 0 Å². The van der Waals surface area contributed by atoms with E-state index >= 15 is 0 Å². The van der Waals surface area contributed by atoms with Crippen molar-refractivity contribution in [2.45, 2.75) is 32.2 Å². The zero-order valence-electron chi connectivity index (χ0n) is 7.88. The van der Waals surface area contributed by atoms with Gasteiger partial charge in [0.25, 0.3) is 0 Å². The molecule has 0 saturated heterocycles. The minimum Gasteiger partial charge on any atom is -0.327 e. The molecule has 0 amide bonds. The van der Waals surface area contributed by atoms with Gasteiger partial charge in [-0.15, -0.1) is 11.3 Å². The molecule has 1 nitrogen and oxygen atoms in total. The molecule has 72 valence electrons. The molecule has 3 heteroatoms. The van der Waals surface area contributed by atoms with E-state index in [0.717, 1.165) is 6.42 Å². The van der Waals surface area contributed by atoms with Gasteiger partial charge in [0.2, 0.25) is 0 Å². The first-order chi connectivity index (χ1) is 6.01. The van der Waals surface area contributed by atoms with Gasteiger partial charge in [0.05, 0.1) is 3.79 Å². The Kier molecular flexibility index (Phi) is 2.29. The minimum atomic E-state index is 0.282. The topological polar surface area (TPSA) is 26.0 Å². The summed E-state index contributed by atoms with van der Waals surface area (Å²) in [5, 5.41) is 0. The zero-order valence-corrected chi connectivity index (χ0v) is 10.3. The van der Waals surface area contributed by atoms with Crippen LogP contribution in [0.4, 0.5) is 0 Å². The molecule has 0 radical (unpaired) electrons. The molecule has 0 aliphatic heterocycles. The summed E-state index contributed by atoms with van der Waals surface area (Å²) in [7, 11) is 0. The molecule has 1 aromatic rings. The van der Waals surface area contributed by atoms with Crippen molar-refractivity contribution in [3.05, 3.63) is 20.8 Å². The summed E-state index contributed by atoms with van der Waals surface area (Å²) in [4.78, 5) is 1.47. The molecular weight excluding hydrogens is 246 g/mol. The van der Waals surface area contributed by atoms with E-state index in [0.29, 0.717) is 12.0 Å². The fraction of sp³-hybridized carbons (Fsp3) is 0.600. The number of halogens is 1. The average molecular weight is 260 g/mol. The van der Waals surface area contributed by atoms with Crippen LogP contribution in [0.25, 0.3) is 0 Å². The van der Waals surface area contributed by atoms with E-state index in [1.807, 2.05) is 11.3 Å². The third-order valence-corrected chi connectivity index (χ3v) is 5.02. The Bertz CT molecular complexity index is 318. The highest BCUT2D eigenvalue weighted by Gasteiger charge is 2.47. The van der Waals surface area contributed by atoms with Crippen molar-refractivity contribution in [2.24, 2.45) is 11.1 Å². The molecule has 2 N–H and O–H groups in total. The van der Waals surface area contributed by atoms with E-state index in [-0.39, 0.29) is 5.41 Å². The largest absolute Gasteiger partial charge is 0.327 e. The Morgan fingerprint density at radius 2 is 2.23 bits per heavy atom. The lowest BCUT2D eigenvalue weighted by molar-refractivity contribution is 0.101. The molecule has 1 aromatic heterocycles. The number of hydrogen-bond donors (Lipinski definition) is 1. The van der Waals surface area contributed by atoms with Crippen LogP contribution >= 0.6 is 27.3 Å². The van der Waals surface area contributed by atoms with Gasteiger partial charge >= 0.3 is 0 Å². The Hall–Kier alpha value is 0.140. The number of thiophene rings is 1. The lowest BCUT2D eigenvalue weighted by Crippen LogP contribution is -2.52. The van der Waals surface area contributed by atoms with Crippen LogP contribution in [-0.2, 0) is 0 Å². The van der Waals surface area contributed by atoms with Gasteiger partial charge in [0.1, 0.15) is 0 Å². The van der Waals surface area contributed by atoms with E-state index in [4.69, 9.17) is 5.73 Å². The highest BCUT2D eigenvalue weighted by atomic mass is 79.9. The van der Waals surface area contributed by atoms with Gasteiger partial charge < -0.3 is 5.73 Å². The summed E-state index contributed by atoms with van der Waals surface area (Å²) in [6, 6.07) is 4.71. The smallest absolute Gasteiger partial charge is 0.0701 e. The third-order valence-electron chi connectivity index (χ3n) is 3.28. The molecule has 0 aromatic carbocycles. The van der Waals surface area contributed by atoms with E-state index in [2.05, 4.69) is 41.9 Å². The van der Waals surface area contributed by atoms with Gasteiger partial charge in [0, 0.05) is 16.8 Å². The van der Waals surface area contributed by atoms with Crippen LogP contribution < -0.4 is 5.73 Å². The van der Waals surface area contributed by atoms with Crippen LogP contribution in [-0.4, -0.2) is 6.04 Å². The average Bonchev–Trinajstić information content (AvgIpc) is 2.47. The molecule has 0 bridgehead atoms. The SMILES string of the molecule is CC1(C)C(N)CC1c1ccc(Br)s1. The molecule has 1 aliphatic carbocycles. The lowest BCUT2D eigenvalue weighted by atomic mass is 9.58. The van der Waals surface area contributed by atoms with Crippen molar-refractivity contribution in [1.29, 1.82) is 0 Å². The van der Waals surface area contributed by atoms with Crippen molar-refractivity contribution in [3.63, 3.8) is 0 Å². The maximum Gasteiger partial charge on any atom is 0.0701 e. The van der Waals surface area contributed by atoms with Crippen LogP contribution in [0.3, 0.4) is 0 Å². The van der Waals surface area contributed by atoms with Gasteiger partial charge in [-0.3, -0.25) is 0 Å². The van der Waals surface area contributed by atoms with E-state index in [1.54, 1.807) is 0 Å². The minimum absolute atomic E-state index is 0.282. The first kappa shape index (κ1) is 9.69. The highest BCUT2D eigenvalue weighted by molar-refractivity contribution is 9.11. The Labute approximate surface area is 91.5 Å². The molecule has 0 spiro atoms. The predicted octanol–water partition coefficient (Wildman–Crippen LogP) is 3.35. The Morgan fingerprint density at radius 1 is 1.54 bits per heavy atom. The number of rotatable bonds is 1. The second kappa shape index (κ2) is 3.07. The van der Waals surface area contributed by atoms with Gasteiger partial charge in [0.15, 0.2) is 0 Å². The molecule has 2 atom stereocenters. The van der Waals surface area contributed by atoms with Crippen LogP contribution in [0.2, 0.25) is 0 Å². The van der Waals surface area contributed by atoms with Crippen LogP contribution in [0.15, 0.2) is 15.9 Å². The van der Waals surface area contributed by atoms with Crippen molar-refractivity contribution >= 4 is 27.3 Å². The first-order valence-corrected chi connectivity index (χ1v) is 6.13. The maximum absolute atomic E-state index is 5.98. The van der Waals surface area contributed by atoms with E-state index < -0.39 is 0 Å². The number of nitrogens with two attached hydrogens (primary N) is 1. The molecule has 1 aliphatic rings. The molecule has 13 heavy (non-hydrogen) atoms. The second-order valence-electron chi connectivity index (χ2n) is 4.36. The summed E-state index contributed by atoms with van der Waals surface area (Å²) < 4.78 is 1.22. The van der Waals surface area contributed by atoms with E-state index in [9.17, 15) is 0 Å². The molecule has 1 fully saturated rings. The van der Waals surface area contributed by atoms with Crippen molar-refractivity contribution in [1.82, 2.24) is 0 Å². The van der Waals surface area contributed by atoms with Crippen LogP contribution in [0, 0.1) is 5.41 Å². The summed E-state index contributed by atoms with van der Waals surface area (Å²) in [5.41, 5.74) is 6.27. The first-order valence-electron chi connectivity index (χ1n) is 4.52. The normalized spacial score (nSPS) is 31.4. The lowest BCUT2D eigenvalue weighted by Gasteiger charge is -2.50. The predicted molar refractivity (Wildman–Crippen MR) is 61.1 cm³/mol. The molecule has 1 heterocycles. The van der Waals surface area contributed by atoms with Crippen LogP contribution in [0.1, 0.15) is 31.1 Å². The fourth-order valence-corrected chi connectivity index (χ4v) is 3.69. The van der Waals surface area contributed by atoms with E-state index in [1.165, 1.54) is 8.66 Å².